The quantitative estimate of drug-likeness (QED) is 0.709. The Hall–Kier alpha value is -2.12. The van der Waals surface area contributed by atoms with E-state index in [1.54, 1.807) is 0 Å². The van der Waals surface area contributed by atoms with Crippen LogP contribution in [-0.4, -0.2) is 49.0 Å². The lowest BCUT2D eigenvalue weighted by Gasteiger charge is -2.40. The van der Waals surface area contributed by atoms with Crippen molar-refractivity contribution in [2.75, 3.05) is 13.1 Å². The van der Waals surface area contributed by atoms with Crippen LogP contribution in [-0.2, 0) is 25.6 Å². The van der Waals surface area contributed by atoms with Gasteiger partial charge >= 0.3 is 12.1 Å². The van der Waals surface area contributed by atoms with E-state index in [1.807, 2.05) is 51.1 Å². The summed E-state index contributed by atoms with van der Waals surface area (Å²) >= 11 is 0. The fourth-order valence-corrected chi connectivity index (χ4v) is 3.58. The molecule has 7 nitrogen and oxygen atoms in total. The van der Waals surface area contributed by atoms with Crippen molar-refractivity contribution in [1.29, 1.82) is 0 Å². The molecule has 7 heteroatoms. The van der Waals surface area contributed by atoms with E-state index in [-0.39, 0.29) is 36.7 Å². The highest BCUT2D eigenvalue weighted by atomic mass is 16.6. The maximum Gasteiger partial charge on any atom is 0.407 e. The summed E-state index contributed by atoms with van der Waals surface area (Å²) in [7, 11) is 0. The molecule has 2 unspecified atom stereocenters. The number of ether oxygens (including phenoxy) is 3. The molecule has 2 fully saturated rings. The van der Waals surface area contributed by atoms with Gasteiger partial charge in [0.15, 0.2) is 0 Å². The molecule has 0 spiro atoms. The van der Waals surface area contributed by atoms with Crippen LogP contribution in [0.1, 0.15) is 45.6 Å². The molecule has 29 heavy (non-hydrogen) atoms. The van der Waals surface area contributed by atoms with Gasteiger partial charge in [-0.25, -0.2) is 4.79 Å². The summed E-state index contributed by atoms with van der Waals surface area (Å²) in [5.41, 5.74) is 0.462. The van der Waals surface area contributed by atoms with Crippen LogP contribution in [0.15, 0.2) is 30.3 Å². The molecule has 0 aromatic heterocycles. The largest absolute Gasteiger partial charge is 0.460 e. The summed E-state index contributed by atoms with van der Waals surface area (Å²) in [5, 5.41) is 6.12. The second kappa shape index (κ2) is 9.59. The lowest BCUT2D eigenvalue weighted by molar-refractivity contribution is -0.162. The van der Waals surface area contributed by atoms with E-state index in [0.717, 1.165) is 31.4 Å². The third-order valence-electron chi connectivity index (χ3n) is 5.13. The highest BCUT2D eigenvalue weighted by Crippen LogP contribution is 2.29. The molecule has 1 heterocycles. The summed E-state index contributed by atoms with van der Waals surface area (Å²) in [6, 6.07) is 9.72. The van der Waals surface area contributed by atoms with Crippen molar-refractivity contribution < 1.29 is 23.8 Å². The van der Waals surface area contributed by atoms with Crippen LogP contribution in [0.2, 0.25) is 0 Å². The molecule has 1 aliphatic heterocycles. The van der Waals surface area contributed by atoms with Crippen LogP contribution in [0.4, 0.5) is 4.79 Å². The summed E-state index contributed by atoms with van der Waals surface area (Å²) in [4.78, 5) is 24.4. The predicted molar refractivity (Wildman–Crippen MR) is 108 cm³/mol. The van der Waals surface area contributed by atoms with Gasteiger partial charge in [0.2, 0.25) is 0 Å². The first kappa shape index (κ1) is 21.6. The number of hydrogen-bond donors (Lipinski definition) is 2. The molecule has 2 atom stereocenters. The summed E-state index contributed by atoms with van der Waals surface area (Å²) in [6.07, 6.45) is 1.72. The third kappa shape index (κ3) is 6.72. The maximum absolute atomic E-state index is 12.6. The van der Waals surface area contributed by atoms with Crippen molar-refractivity contribution in [3.63, 3.8) is 0 Å². The van der Waals surface area contributed by atoms with Crippen LogP contribution < -0.4 is 10.6 Å². The topological polar surface area (TPSA) is 85.9 Å². The molecule has 1 aliphatic carbocycles. The van der Waals surface area contributed by atoms with Gasteiger partial charge in [0.25, 0.3) is 0 Å². The van der Waals surface area contributed by atoms with E-state index in [9.17, 15) is 9.59 Å². The van der Waals surface area contributed by atoms with Crippen LogP contribution >= 0.6 is 0 Å². The third-order valence-corrected chi connectivity index (χ3v) is 5.13. The second-order valence-electron chi connectivity index (χ2n) is 8.80. The van der Waals surface area contributed by atoms with Crippen molar-refractivity contribution in [2.24, 2.45) is 5.92 Å². The van der Waals surface area contributed by atoms with E-state index in [1.165, 1.54) is 0 Å². The Kier molecular flexibility index (Phi) is 7.14. The van der Waals surface area contributed by atoms with Crippen molar-refractivity contribution in [2.45, 2.75) is 70.5 Å². The fraction of sp³-hybridized carbons (Fsp3) is 0.636. The van der Waals surface area contributed by atoms with E-state index in [0.29, 0.717) is 6.54 Å². The minimum atomic E-state index is -0.508. The minimum Gasteiger partial charge on any atom is -0.460 e. The van der Waals surface area contributed by atoms with Gasteiger partial charge in [-0.05, 0) is 52.1 Å². The first-order valence-electron chi connectivity index (χ1n) is 10.4. The van der Waals surface area contributed by atoms with Gasteiger partial charge in [-0.15, -0.1) is 0 Å². The maximum atomic E-state index is 12.6. The van der Waals surface area contributed by atoms with Crippen molar-refractivity contribution in [3.8, 4) is 0 Å². The van der Waals surface area contributed by atoms with Gasteiger partial charge in [0.05, 0.1) is 18.1 Å². The second-order valence-corrected chi connectivity index (χ2v) is 8.80. The van der Waals surface area contributed by atoms with Gasteiger partial charge in [-0.2, -0.15) is 0 Å². The molecule has 1 saturated carbocycles. The Labute approximate surface area is 172 Å². The number of rotatable bonds is 6. The average molecular weight is 405 g/mol. The van der Waals surface area contributed by atoms with Crippen LogP contribution in [0.25, 0.3) is 0 Å². The highest BCUT2D eigenvalue weighted by molar-refractivity contribution is 5.73. The van der Waals surface area contributed by atoms with Gasteiger partial charge in [0.1, 0.15) is 12.2 Å². The van der Waals surface area contributed by atoms with E-state index in [4.69, 9.17) is 14.2 Å². The van der Waals surface area contributed by atoms with Gasteiger partial charge in [0, 0.05) is 12.6 Å². The summed E-state index contributed by atoms with van der Waals surface area (Å²) < 4.78 is 17.0. The smallest absolute Gasteiger partial charge is 0.407 e. The average Bonchev–Trinajstić information content (AvgIpc) is 2.64. The fourth-order valence-electron chi connectivity index (χ4n) is 3.58. The van der Waals surface area contributed by atoms with Gasteiger partial charge in [-0.1, -0.05) is 30.3 Å². The van der Waals surface area contributed by atoms with Crippen LogP contribution in [0.3, 0.4) is 0 Å². The first-order valence-corrected chi connectivity index (χ1v) is 10.4. The van der Waals surface area contributed by atoms with E-state index >= 15 is 0 Å². The number of nitrogens with one attached hydrogen (secondary N) is 2. The highest BCUT2D eigenvalue weighted by Gasteiger charge is 2.39. The number of alkyl carbamates (subject to hydrolysis) is 1. The number of carbonyl (C=O) groups is 2. The molecule has 1 aromatic carbocycles. The van der Waals surface area contributed by atoms with Crippen LogP contribution in [0.5, 0.6) is 0 Å². The molecular weight excluding hydrogens is 372 g/mol. The number of piperidine rings is 1. The Morgan fingerprint density at radius 1 is 1.17 bits per heavy atom. The Balaban J connectivity index is 1.42. The van der Waals surface area contributed by atoms with Crippen molar-refractivity contribution in [1.82, 2.24) is 10.6 Å². The summed E-state index contributed by atoms with van der Waals surface area (Å²) in [6.45, 7) is 7.17. The normalized spacial score (nSPS) is 26.9. The predicted octanol–water partition coefficient (Wildman–Crippen LogP) is 2.78. The first-order chi connectivity index (χ1) is 13.8. The van der Waals surface area contributed by atoms with E-state index < -0.39 is 11.7 Å². The zero-order chi connectivity index (χ0) is 20.9. The standard InChI is InChI=1S/C22H32N2O5/c1-22(2,3)29-21(26)24-16-11-17(12-16)28-19-9-10-23-13-18(19)20(25)27-14-15-7-5-4-6-8-15/h4-8,16-19,23H,9-14H2,1-3H3,(H,24,26). The van der Waals surface area contributed by atoms with Crippen molar-refractivity contribution in [3.05, 3.63) is 35.9 Å². The number of esters is 1. The molecule has 2 N–H and O–H groups in total. The molecular formula is C22H32N2O5. The molecule has 0 bridgehead atoms. The number of hydrogen-bond acceptors (Lipinski definition) is 6. The lowest BCUT2D eigenvalue weighted by atomic mass is 9.88. The number of amides is 1. The zero-order valence-electron chi connectivity index (χ0n) is 17.5. The molecule has 0 radical (unpaired) electrons. The summed E-state index contributed by atoms with van der Waals surface area (Å²) in [5.74, 6) is -0.542. The molecule has 160 valence electrons. The number of carbonyl (C=O) groups excluding carboxylic acids is 2. The van der Waals surface area contributed by atoms with Crippen LogP contribution in [0, 0.1) is 5.92 Å². The minimum absolute atomic E-state index is 0.0439. The van der Waals surface area contributed by atoms with Gasteiger partial charge in [-0.3, -0.25) is 4.79 Å². The van der Waals surface area contributed by atoms with E-state index in [2.05, 4.69) is 10.6 Å². The molecule has 1 amide bonds. The van der Waals surface area contributed by atoms with Crippen molar-refractivity contribution >= 4 is 12.1 Å². The van der Waals surface area contributed by atoms with Gasteiger partial charge < -0.3 is 24.8 Å². The molecule has 1 aromatic rings. The number of benzene rings is 1. The Morgan fingerprint density at radius 2 is 1.90 bits per heavy atom. The zero-order valence-corrected chi connectivity index (χ0v) is 17.5. The molecule has 3 rings (SSSR count). The Morgan fingerprint density at radius 3 is 2.59 bits per heavy atom. The SMILES string of the molecule is CC(C)(C)OC(=O)NC1CC(OC2CCNCC2C(=O)OCc2ccccc2)C1. The lowest BCUT2D eigenvalue weighted by Crippen LogP contribution is -2.53. The molecule has 1 saturated heterocycles. The Bertz CT molecular complexity index is 682. The monoisotopic (exact) mass is 404 g/mol. The molecule has 2 aliphatic rings.